The summed E-state index contributed by atoms with van der Waals surface area (Å²) in [6.07, 6.45) is 1.74. The van der Waals surface area contributed by atoms with E-state index in [9.17, 15) is 14.4 Å². The van der Waals surface area contributed by atoms with Crippen molar-refractivity contribution in [3.05, 3.63) is 70.8 Å². The van der Waals surface area contributed by atoms with E-state index in [1.165, 1.54) is 4.90 Å². The van der Waals surface area contributed by atoms with Gasteiger partial charge in [0.1, 0.15) is 0 Å². The number of carbonyl (C=O) groups excluding carboxylic acids is 3. The van der Waals surface area contributed by atoms with Crippen LogP contribution < -0.4 is 5.32 Å². The van der Waals surface area contributed by atoms with Gasteiger partial charge in [0.2, 0.25) is 0 Å². The van der Waals surface area contributed by atoms with Crippen molar-refractivity contribution in [2.45, 2.75) is 39.3 Å². The van der Waals surface area contributed by atoms with Gasteiger partial charge in [-0.3, -0.25) is 19.3 Å². The Bertz CT molecular complexity index is 821. The maximum atomic E-state index is 12.5. The van der Waals surface area contributed by atoms with Gasteiger partial charge in [-0.2, -0.15) is 0 Å². The highest BCUT2D eigenvalue weighted by Gasteiger charge is 2.34. The topological polar surface area (TPSA) is 66.5 Å². The van der Waals surface area contributed by atoms with Gasteiger partial charge in [0, 0.05) is 11.6 Å². The molecule has 0 spiro atoms. The minimum Gasteiger partial charge on any atom is -0.349 e. The molecule has 2 aromatic rings. The lowest BCUT2D eigenvalue weighted by Crippen LogP contribution is -2.34. The second-order valence-electron chi connectivity index (χ2n) is 6.43. The van der Waals surface area contributed by atoms with Gasteiger partial charge in [-0.25, -0.2) is 0 Å². The number of imide groups is 1. The van der Waals surface area contributed by atoms with E-state index in [4.69, 9.17) is 0 Å². The third-order valence-corrected chi connectivity index (χ3v) is 4.73. The summed E-state index contributed by atoms with van der Waals surface area (Å²) in [6.45, 7) is 4.22. The lowest BCUT2D eigenvalue weighted by molar-refractivity contribution is 0.0642. The lowest BCUT2D eigenvalue weighted by Gasteiger charge is -2.16. The van der Waals surface area contributed by atoms with Gasteiger partial charge in [-0.15, -0.1) is 0 Å². The average Bonchev–Trinajstić information content (AvgIpc) is 2.91. The van der Waals surface area contributed by atoms with Crippen LogP contribution in [0.1, 0.15) is 63.3 Å². The number of hydrogen-bond donors (Lipinski definition) is 1. The maximum absolute atomic E-state index is 12.5. The molecular formula is C21H22N2O3. The van der Waals surface area contributed by atoms with Crippen LogP contribution >= 0.6 is 0 Å². The number of benzene rings is 2. The van der Waals surface area contributed by atoms with Crippen molar-refractivity contribution in [2.24, 2.45) is 0 Å². The molecule has 0 unspecified atom stereocenters. The van der Waals surface area contributed by atoms with E-state index >= 15 is 0 Å². The summed E-state index contributed by atoms with van der Waals surface area (Å²) in [4.78, 5) is 38.6. The van der Waals surface area contributed by atoms with Gasteiger partial charge in [-0.1, -0.05) is 38.1 Å². The molecule has 1 N–H and O–H groups in total. The summed E-state index contributed by atoms with van der Waals surface area (Å²) < 4.78 is 0. The molecule has 0 atom stereocenters. The third kappa shape index (κ3) is 3.38. The Kier molecular flexibility index (Phi) is 5.16. The van der Waals surface area contributed by atoms with Gasteiger partial charge in [-0.05, 0) is 42.7 Å². The molecule has 134 valence electrons. The second kappa shape index (κ2) is 7.52. The highest BCUT2D eigenvalue weighted by atomic mass is 16.2. The standard InChI is InChI=1S/C21H22N2O3/c1-3-16(4-2)22-19(24)15-9-7-8-14(12-15)13-23-20(25)17-10-5-6-11-18(17)21(23)26/h5-12,16H,3-4,13H2,1-2H3,(H,22,24). The number of carbonyl (C=O) groups is 3. The highest BCUT2D eigenvalue weighted by Crippen LogP contribution is 2.24. The Balaban J connectivity index is 1.77. The van der Waals surface area contributed by atoms with Gasteiger partial charge < -0.3 is 5.32 Å². The van der Waals surface area contributed by atoms with Gasteiger partial charge in [0.05, 0.1) is 17.7 Å². The number of rotatable bonds is 6. The SMILES string of the molecule is CCC(CC)NC(=O)c1cccc(CN2C(=O)c3ccccc3C2=O)c1. The first-order chi connectivity index (χ1) is 12.5. The Morgan fingerprint density at radius 1 is 0.962 bits per heavy atom. The molecular weight excluding hydrogens is 328 g/mol. The second-order valence-corrected chi connectivity index (χ2v) is 6.43. The zero-order chi connectivity index (χ0) is 18.7. The predicted molar refractivity (Wildman–Crippen MR) is 98.9 cm³/mol. The third-order valence-electron chi connectivity index (χ3n) is 4.73. The van der Waals surface area contributed by atoms with Gasteiger partial charge in [0.15, 0.2) is 0 Å². The van der Waals surface area contributed by atoms with E-state index < -0.39 is 0 Å². The molecule has 3 amide bonds. The summed E-state index contributed by atoms with van der Waals surface area (Å²) in [5.41, 5.74) is 2.14. The van der Waals surface area contributed by atoms with Crippen LogP contribution in [0.4, 0.5) is 0 Å². The summed E-state index contributed by atoms with van der Waals surface area (Å²) in [7, 11) is 0. The molecule has 0 radical (unpaired) electrons. The molecule has 0 bridgehead atoms. The van der Waals surface area contributed by atoms with Crippen LogP contribution in [0.2, 0.25) is 0 Å². The van der Waals surface area contributed by atoms with E-state index in [1.54, 1.807) is 42.5 Å². The molecule has 1 aliphatic rings. The van der Waals surface area contributed by atoms with Crippen LogP contribution in [0.25, 0.3) is 0 Å². The molecule has 5 heteroatoms. The van der Waals surface area contributed by atoms with Crippen LogP contribution in [0, 0.1) is 0 Å². The van der Waals surface area contributed by atoms with E-state index in [0.29, 0.717) is 16.7 Å². The molecule has 2 aromatic carbocycles. The first-order valence-corrected chi connectivity index (χ1v) is 8.90. The molecule has 1 aliphatic heterocycles. The summed E-state index contributed by atoms with van der Waals surface area (Å²) in [6, 6.07) is 14.0. The molecule has 0 saturated heterocycles. The number of fused-ring (bicyclic) bond motifs is 1. The minimum atomic E-state index is -0.294. The first-order valence-electron chi connectivity index (χ1n) is 8.90. The molecule has 3 rings (SSSR count). The number of nitrogens with one attached hydrogen (secondary N) is 1. The Hall–Kier alpha value is -2.95. The maximum Gasteiger partial charge on any atom is 0.261 e. The summed E-state index contributed by atoms with van der Waals surface area (Å²) in [5, 5.41) is 3.00. The van der Waals surface area contributed by atoms with Crippen LogP contribution in [0.15, 0.2) is 48.5 Å². The summed E-state index contributed by atoms with van der Waals surface area (Å²) >= 11 is 0. The van der Waals surface area contributed by atoms with Crippen LogP contribution in [-0.2, 0) is 6.54 Å². The normalized spacial score (nSPS) is 13.3. The molecule has 26 heavy (non-hydrogen) atoms. The van der Waals surface area contributed by atoms with Crippen molar-refractivity contribution >= 4 is 17.7 Å². The fourth-order valence-corrected chi connectivity index (χ4v) is 3.14. The van der Waals surface area contributed by atoms with Gasteiger partial charge >= 0.3 is 0 Å². The fourth-order valence-electron chi connectivity index (χ4n) is 3.14. The van der Waals surface area contributed by atoms with Crippen molar-refractivity contribution < 1.29 is 14.4 Å². The first kappa shape index (κ1) is 17.9. The number of hydrogen-bond acceptors (Lipinski definition) is 3. The molecule has 0 saturated carbocycles. The van der Waals surface area contributed by atoms with Crippen LogP contribution in [-0.4, -0.2) is 28.7 Å². The molecule has 0 aliphatic carbocycles. The molecule has 0 aromatic heterocycles. The average molecular weight is 350 g/mol. The van der Waals surface area contributed by atoms with Gasteiger partial charge in [0.25, 0.3) is 17.7 Å². The van der Waals surface area contributed by atoms with E-state index in [1.807, 2.05) is 19.9 Å². The number of nitrogens with zero attached hydrogens (tertiary/aromatic N) is 1. The van der Waals surface area contributed by atoms with Crippen molar-refractivity contribution in [3.8, 4) is 0 Å². The van der Waals surface area contributed by atoms with E-state index in [0.717, 1.165) is 18.4 Å². The van der Waals surface area contributed by atoms with Crippen LogP contribution in [0.5, 0.6) is 0 Å². The van der Waals surface area contributed by atoms with Crippen molar-refractivity contribution in [1.82, 2.24) is 10.2 Å². The number of amides is 3. The monoisotopic (exact) mass is 350 g/mol. The Labute approximate surface area is 153 Å². The predicted octanol–water partition coefficient (Wildman–Crippen LogP) is 3.40. The van der Waals surface area contributed by atoms with E-state index in [-0.39, 0.29) is 30.3 Å². The van der Waals surface area contributed by atoms with Crippen molar-refractivity contribution in [1.29, 1.82) is 0 Å². The molecule has 5 nitrogen and oxygen atoms in total. The Morgan fingerprint density at radius 2 is 1.58 bits per heavy atom. The quantitative estimate of drug-likeness (QED) is 0.812. The zero-order valence-corrected chi connectivity index (χ0v) is 15.0. The minimum absolute atomic E-state index is 0.136. The smallest absolute Gasteiger partial charge is 0.261 e. The van der Waals surface area contributed by atoms with E-state index in [2.05, 4.69) is 5.32 Å². The largest absolute Gasteiger partial charge is 0.349 e. The van der Waals surface area contributed by atoms with Crippen LogP contribution in [0.3, 0.4) is 0 Å². The summed E-state index contributed by atoms with van der Waals surface area (Å²) in [5.74, 6) is -0.724. The fraction of sp³-hybridized carbons (Fsp3) is 0.286. The highest BCUT2D eigenvalue weighted by molar-refractivity contribution is 6.21. The molecule has 0 fully saturated rings. The molecule has 1 heterocycles. The Morgan fingerprint density at radius 3 is 2.15 bits per heavy atom. The van der Waals surface area contributed by atoms with Crippen molar-refractivity contribution in [3.63, 3.8) is 0 Å². The zero-order valence-electron chi connectivity index (χ0n) is 15.0. The van der Waals surface area contributed by atoms with Crippen molar-refractivity contribution in [2.75, 3.05) is 0 Å². The lowest BCUT2D eigenvalue weighted by atomic mass is 10.1.